The number of aryl methyl sites for hydroxylation is 2. The highest BCUT2D eigenvalue weighted by atomic mass is 35.5. The summed E-state index contributed by atoms with van der Waals surface area (Å²) in [6.07, 6.45) is 0.784. The molecule has 0 spiro atoms. The lowest BCUT2D eigenvalue weighted by Crippen LogP contribution is -2.30. The van der Waals surface area contributed by atoms with E-state index in [1.54, 1.807) is 12.1 Å². The first-order valence-electron chi connectivity index (χ1n) is 7.65. The molecule has 3 aromatic rings. The molecule has 2 aromatic carbocycles. The van der Waals surface area contributed by atoms with Crippen molar-refractivity contribution in [2.45, 2.75) is 25.9 Å². The van der Waals surface area contributed by atoms with Gasteiger partial charge in [0, 0.05) is 17.1 Å². The molecular weight excluding hydrogens is 308 g/mol. The second kappa shape index (κ2) is 6.19. The average Bonchev–Trinajstić information content (AvgIpc) is 2.97. The van der Waals surface area contributed by atoms with E-state index in [9.17, 15) is 5.11 Å². The van der Waals surface area contributed by atoms with Gasteiger partial charge in [-0.15, -0.1) is 0 Å². The van der Waals surface area contributed by atoms with Crippen molar-refractivity contribution >= 4 is 11.6 Å². The van der Waals surface area contributed by atoms with E-state index in [0.29, 0.717) is 10.7 Å². The van der Waals surface area contributed by atoms with Crippen LogP contribution in [0, 0.1) is 6.92 Å². The molecule has 0 saturated carbocycles. The summed E-state index contributed by atoms with van der Waals surface area (Å²) in [4.78, 5) is 7.89. The van der Waals surface area contributed by atoms with Crippen molar-refractivity contribution in [3.63, 3.8) is 0 Å². The molecule has 0 bridgehead atoms. The summed E-state index contributed by atoms with van der Waals surface area (Å²) < 4.78 is 0. The summed E-state index contributed by atoms with van der Waals surface area (Å²) in [5, 5.41) is 12.3. The molecule has 0 amide bonds. The quantitative estimate of drug-likeness (QED) is 0.754. The minimum Gasteiger partial charge on any atom is -0.374 e. The van der Waals surface area contributed by atoms with Crippen LogP contribution in [-0.2, 0) is 12.0 Å². The minimum absolute atomic E-state index is 0.628. The Balaban J connectivity index is 2.25. The Labute approximate surface area is 141 Å². The normalized spacial score (nSPS) is 13.7. The van der Waals surface area contributed by atoms with Gasteiger partial charge in [0.15, 0.2) is 5.60 Å². The van der Waals surface area contributed by atoms with Crippen LogP contribution in [0.3, 0.4) is 0 Å². The number of hydrogen-bond acceptors (Lipinski definition) is 2. The SMILES string of the molecule is CCc1nc(C(O)(c2ccccc2)c2ccc(Cl)cc2)c(C)[nH]1. The largest absolute Gasteiger partial charge is 0.374 e. The van der Waals surface area contributed by atoms with Gasteiger partial charge < -0.3 is 10.1 Å². The van der Waals surface area contributed by atoms with Crippen molar-refractivity contribution < 1.29 is 5.11 Å². The van der Waals surface area contributed by atoms with Crippen molar-refractivity contribution in [1.82, 2.24) is 9.97 Å². The van der Waals surface area contributed by atoms with Gasteiger partial charge >= 0.3 is 0 Å². The van der Waals surface area contributed by atoms with Crippen molar-refractivity contribution in [2.24, 2.45) is 0 Å². The van der Waals surface area contributed by atoms with Gasteiger partial charge in [0.1, 0.15) is 11.5 Å². The first-order valence-corrected chi connectivity index (χ1v) is 8.03. The number of aromatic nitrogens is 2. The maximum absolute atomic E-state index is 11.7. The molecule has 0 aliphatic rings. The molecule has 1 aromatic heterocycles. The van der Waals surface area contributed by atoms with E-state index in [0.717, 1.165) is 29.1 Å². The van der Waals surface area contributed by atoms with Crippen molar-refractivity contribution in [3.8, 4) is 0 Å². The van der Waals surface area contributed by atoms with Crippen LogP contribution >= 0.6 is 11.6 Å². The van der Waals surface area contributed by atoms with Crippen LogP contribution in [0.1, 0.15) is 35.3 Å². The second-order valence-electron chi connectivity index (χ2n) is 5.59. The number of H-pyrrole nitrogens is 1. The zero-order chi connectivity index (χ0) is 16.4. The Morgan fingerprint density at radius 1 is 1.04 bits per heavy atom. The standard InChI is InChI=1S/C19H19ClN2O/c1-3-17-21-13(2)18(22-17)19(23,14-7-5-4-6-8-14)15-9-11-16(20)12-10-15/h4-12,23H,3H2,1-2H3,(H,21,22). The molecular formula is C19H19ClN2O. The zero-order valence-electron chi connectivity index (χ0n) is 13.2. The van der Waals surface area contributed by atoms with Gasteiger partial charge in [0.2, 0.25) is 0 Å². The van der Waals surface area contributed by atoms with Crippen molar-refractivity contribution in [2.75, 3.05) is 0 Å². The molecule has 118 valence electrons. The van der Waals surface area contributed by atoms with Gasteiger partial charge in [-0.1, -0.05) is 61.0 Å². The number of nitrogens with one attached hydrogen (secondary N) is 1. The Bertz CT molecular complexity index is 796. The van der Waals surface area contributed by atoms with Crippen LogP contribution in [0.4, 0.5) is 0 Å². The maximum Gasteiger partial charge on any atom is 0.159 e. The molecule has 0 aliphatic heterocycles. The number of nitrogens with zero attached hydrogens (tertiary/aromatic N) is 1. The van der Waals surface area contributed by atoms with Crippen LogP contribution in [0.5, 0.6) is 0 Å². The molecule has 3 rings (SSSR count). The van der Waals surface area contributed by atoms with Gasteiger partial charge in [-0.3, -0.25) is 0 Å². The Morgan fingerprint density at radius 3 is 2.22 bits per heavy atom. The Kier molecular flexibility index (Phi) is 4.24. The third-order valence-corrected chi connectivity index (χ3v) is 4.32. The predicted octanol–water partition coefficient (Wildman–Crippen LogP) is 4.22. The maximum atomic E-state index is 11.7. The average molecular weight is 327 g/mol. The van der Waals surface area contributed by atoms with Crippen LogP contribution in [0.25, 0.3) is 0 Å². The number of rotatable bonds is 4. The van der Waals surface area contributed by atoms with E-state index < -0.39 is 5.60 Å². The fourth-order valence-electron chi connectivity index (χ4n) is 2.85. The van der Waals surface area contributed by atoms with Crippen molar-refractivity contribution in [3.05, 3.63) is 88.0 Å². The first kappa shape index (κ1) is 15.8. The van der Waals surface area contributed by atoms with Crippen LogP contribution in [-0.4, -0.2) is 15.1 Å². The van der Waals surface area contributed by atoms with Crippen LogP contribution in [0.15, 0.2) is 54.6 Å². The van der Waals surface area contributed by atoms with E-state index in [-0.39, 0.29) is 0 Å². The topological polar surface area (TPSA) is 48.9 Å². The molecule has 1 unspecified atom stereocenters. The highest BCUT2D eigenvalue weighted by Crippen LogP contribution is 2.37. The fraction of sp³-hybridized carbons (Fsp3) is 0.211. The predicted molar refractivity (Wildman–Crippen MR) is 92.7 cm³/mol. The molecule has 23 heavy (non-hydrogen) atoms. The summed E-state index contributed by atoms with van der Waals surface area (Å²) in [6.45, 7) is 3.97. The van der Waals surface area contributed by atoms with E-state index in [2.05, 4.69) is 9.97 Å². The van der Waals surface area contributed by atoms with Crippen molar-refractivity contribution in [1.29, 1.82) is 0 Å². The van der Waals surface area contributed by atoms with Crippen LogP contribution in [0.2, 0.25) is 5.02 Å². The van der Waals surface area contributed by atoms with E-state index in [1.807, 2.05) is 56.3 Å². The van der Waals surface area contributed by atoms with Gasteiger partial charge in [-0.2, -0.15) is 0 Å². The molecule has 1 atom stereocenters. The molecule has 0 radical (unpaired) electrons. The lowest BCUT2D eigenvalue weighted by atomic mass is 9.83. The Hall–Kier alpha value is -2.10. The highest BCUT2D eigenvalue weighted by molar-refractivity contribution is 6.30. The smallest absolute Gasteiger partial charge is 0.159 e. The summed E-state index contributed by atoms with van der Waals surface area (Å²) in [6, 6.07) is 16.8. The van der Waals surface area contributed by atoms with Gasteiger partial charge in [0.05, 0.1) is 0 Å². The minimum atomic E-state index is -1.32. The molecule has 0 saturated heterocycles. The number of hydrogen-bond donors (Lipinski definition) is 2. The molecule has 0 fully saturated rings. The van der Waals surface area contributed by atoms with Crippen LogP contribution < -0.4 is 0 Å². The van der Waals surface area contributed by atoms with E-state index >= 15 is 0 Å². The summed E-state index contributed by atoms with van der Waals surface area (Å²) in [5.74, 6) is 0.862. The monoisotopic (exact) mass is 326 g/mol. The summed E-state index contributed by atoms with van der Waals surface area (Å²) in [7, 11) is 0. The number of imidazole rings is 1. The number of halogens is 1. The number of benzene rings is 2. The van der Waals surface area contributed by atoms with E-state index in [4.69, 9.17) is 11.6 Å². The third-order valence-electron chi connectivity index (χ3n) is 4.06. The lowest BCUT2D eigenvalue weighted by molar-refractivity contribution is 0.120. The molecule has 3 nitrogen and oxygen atoms in total. The lowest BCUT2D eigenvalue weighted by Gasteiger charge is -2.28. The second-order valence-corrected chi connectivity index (χ2v) is 6.03. The Morgan fingerprint density at radius 2 is 1.65 bits per heavy atom. The number of aliphatic hydroxyl groups is 1. The molecule has 2 N–H and O–H groups in total. The third kappa shape index (κ3) is 2.78. The summed E-state index contributed by atoms with van der Waals surface area (Å²) in [5.41, 5.74) is 1.69. The molecule has 0 aliphatic carbocycles. The summed E-state index contributed by atoms with van der Waals surface area (Å²) >= 11 is 6.01. The molecule has 1 heterocycles. The van der Waals surface area contributed by atoms with Gasteiger partial charge in [0.25, 0.3) is 0 Å². The van der Waals surface area contributed by atoms with Gasteiger partial charge in [-0.05, 0) is 30.2 Å². The molecule has 4 heteroatoms. The fourth-order valence-corrected chi connectivity index (χ4v) is 2.98. The first-order chi connectivity index (χ1) is 11.1. The highest BCUT2D eigenvalue weighted by Gasteiger charge is 2.37. The zero-order valence-corrected chi connectivity index (χ0v) is 13.9. The number of aromatic amines is 1. The van der Waals surface area contributed by atoms with Gasteiger partial charge in [-0.25, -0.2) is 4.98 Å². The van der Waals surface area contributed by atoms with E-state index in [1.165, 1.54) is 0 Å².